The molecule has 2 heterocycles. The Morgan fingerprint density at radius 1 is 1.42 bits per heavy atom. The Bertz CT molecular complexity index is 726. The summed E-state index contributed by atoms with van der Waals surface area (Å²) in [5, 5.41) is 10.5. The first-order valence-corrected chi connectivity index (χ1v) is 9.36. The van der Waals surface area contributed by atoms with Crippen molar-refractivity contribution in [2.75, 3.05) is 26.4 Å². The van der Waals surface area contributed by atoms with Crippen molar-refractivity contribution in [3.05, 3.63) is 52.3 Å². The van der Waals surface area contributed by atoms with E-state index in [1.165, 1.54) is 5.56 Å². The van der Waals surface area contributed by atoms with E-state index in [4.69, 9.17) is 0 Å². The average molecular weight is 344 g/mol. The van der Waals surface area contributed by atoms with Gasteiger partial charge in [-0.25, -0.2) is 0 Å². The lowest BCUT2D eigenvalue weighted by molar-refractivity contribution is 0.0924. The Kier molecular flexibility index (Phi) is 5.26. The second-order valence-corrected chi connectivity index (χ2v) is 7.58. The van der Waals surface area contributed by atoms with Gasteiger partial charge in [0.05, 0.1) is 6.04 Å². The smallest absolute Gasteiger partial charge is 0.272 e. The minimum absolute atomic E-state index is 0.0581. The Hall–Kier alpha value is -1.79. The molecule has 128 valence electrons. The zero-order chi connectivity index (χ0) is 17.1. The van der Waals surface area contributed by atoms with Crippen LogP contribution in [0.5, 0.6) is 0 Å². The number of nitrogens with zero attached hydrogens (tertiary/aromatic N) is 2. The van der Waals surface area contributed by atoms with E-state index in [2.05, 4.69) is 39.5 Å². The predicted octanol–water partition coefficient (Wildman–Crippen LogP) is 2.54. The van der Waals surface area contributed by atoms with Gasteiger partial charge in [-0.05, 0) is 44.3 Å². The van der Waals surface area contributed by atoms with E-state index in [0.29, 0.717) is 5.69 Å². The highest BCUT2D eigenvalue weighted by molar-refractivity contribution is 7.98. The molecule has 0 fully saturated rings. The zero-order valence-electron chi connectivity index (χ0n) is 14.4. The van der Waals surface area contributed by atoms with Crippen molar-refractivity contribution in [1.82, 2.24) is 20.4 Å². The van der Waals surface area contributed by atoms with Crippen LogP contribution < -0.4 is 5.32 Å². The highest BCUT2D eigenvalue weighted by Crippen LogP contribution is 2.26. The SMILES string of the molecule is Cc1ccccc1C(CN(C)C)NC(=O)c1n[nH]c2c1CSCC2. The second kappa shape index (κ2) is 7.40. The van der Waals surface area contributed by atoms with Gasteiger partial charge in [-0.3, -0.25) is 9.89 Å². The Morgan fingerprint density at radius 2 is 2.21 bits per heavy atom. The number of amides is 1. The standard InChI is InChI=1S/C18H24N4OS/c1-12-6-4-5-7-13(12)16(10-22(2)3)19-18(23)17-14-11-24-9-8-15(14)20-21-17/h4-7,16H,8-11H2,1-3H3,(H,19,23)(H,20,21). The van der Waals surface area contributed by atoms with Crippen molar-refractivity contribution >= 4 is 17.7 Å². The van der Waals surface area contributed by atoms with Gasteiger partial charge < -0.3 is 10.2 Å². The topological polar surface area (TPSA) is 61.0 Å². The molecule has 2 N–H and O–H groups in total. The third-order valence-corrected chi connectivity index (χ3v) is 5.31. The zero-order valence-corrected chi connectivity index (χ0v) is 15.2. The maximum absolute atomic E-state index is 12.8. The lowest BCUT2D eigenvalue weighted by atomic mass is 10.0. The average Bonchev–Trinajstić information content (AvgIpc) is 2.98. The fourth-order valence-corrected chi connectivity index (χ4v) is 4.10. The summed E-state index contributed by atoms with van der Waals surface area (Å²) < 4.78 is 0. The number of aryl methyl sites for hydroxylation is 2. The van der Waals surface area contributed by atoms with Gasteiger partial charge in [-0.15, -0.1) is 0 Å². The molecule has 1 amide bonds. The molecular formula is C18H24N4OS. The van der Waals surface area contributed by atoms with Crippen LogP contribution in [0.4, 0.5) is 0 Å². The van der Waals surface area contributed by atoms with E-state index in [1.807, 2.05) is 38.0 Å². The maximum atomic E-state index is 12.8. The second-order valence-electron chi connectivity index (χ2n) is 6.48. The number of rotatable bonds is 5. The van der Waals surface area contributed by atoms with Crippen LogP contribution in [0.25, 0.3) is 0 Å². The number of likely N-dealkylation sites (N-methyl/N-ethyl adjacent to an activating group) is 1. The van der Waals surface area contributed by atoms with Gasteiger partial charge in [-0.2, -0.15) is 16.9 Å². The molecule has 6 heteroatoms. The quantitative estimate of drug-likeness (QED) is 0.875. The fourth-order valence-electron chi connectivity index (χ4n) is 3.09. The van der Waals surface area contributed by atoms with Gasteiger partial charge in [0.25, 0.3) is 5.91 Å². The summed E-state index contributed by atoms with van der Waals surface area (Å²) in [6, 6.07) is 8.15. The molecule has 1 atom stereocenters. The number of fused-ring (bicyclic) bond motifs is 1. The van der Waals surface area contributed by atoms with Crippen LogP contribution in [0.15, 0.2) is 24.3 Å². The molecular weight excluding hydrogens is 320 g/mol. The van der Waals surface area contributed by atoms with E-state index >= 15 is 0 Å². The minimum Gasteiger partial charge on any atom is -0.343 e. The third kappa shape index (κ3) is 3.65. The van der Waals surface area contributed by atoms with Crippen molar-refractivity contribution in [2.24, 2.45) is 0 Å². The Balaban J connectivity index is 1.83. The van der Waals surface area contributed by atoms with Crippen LogP contribution in [-0.2, 0) is 12.2 Å². The summed E-state index contributed by atoms with van der Waals surface area (Å²) in [6.45, 7) is 2.83. The molecule has 5 nitrogen and oxygen atoms in total. The molecule has 0 radical (unpaired) electrons. The molecule has 0 saturated carbocycles. The van der Waals surface area contributed by atoms with E-state index < -0.39 is 0 Å². The van der Waals surface area contributed by atoms with E-state index in [1.54, 1.807) is 0 Å². The number of aromatic nitrogens is 2. The molecule has 1 aliphatic heterocycles. The number of hydrogen-bond donors (Lipinski definition) is 2. The summed E-state index contributed by atoms with van der Waals surface area (Å²) in [7, 11) is 4.04. The highest BCUT2D eigenvalue weighted by Gasteiger charge is 2.25. The van der Waals surface area contributed by atoms with Crippen LogP contribution in [-0.4, -0.2) is 47.4 Å². The highest BCUT2D eigenvalue weighted by atomic mass is 32.2. The molecule has 0 aliphatic carbocycles. The lowest BCUT2D eigenvalue weighted by Crippen LogP contribution is -2.36. The first-order chi connectivity index (χ1) is 11.6. The molecule has 24 heavy (non-hydrogen) atoms. The van der Waals surface area contributed by atoms with E-state index in [-0.39, 0.29) is 11.9 Å². The predicted molar refractivity (Wildman–Crippen MR) is 98.4 cm³/mol. The molecule has 1 aromatic carbocycles. The van der Waals surface area contributed by atoms with Crippen molar-refractivity contribution in [1.29, 1.82) is 0 Å². The van der Waals surface area contributed by atoms with Gasteiger partial charge in [0.2, 0.25) is 0 Å². The number of thioether (sulfide) groups is 1. The number of H-pyrrole nitrogens is 1. The molecule has 0 spiro atoms. The monoisotopic (exact) mass is 344 g/mol. The Morgan fingerprint density at radius 3 is 2.96 bits per heavy atom. The summed E-state index contributed by atoms with van der Waals surface area (Å²) in [4.78, 5) is 14.9. The maximum Gasteiger partial charge on any atom is 0.272 e. The van der Waals surface area contributed by atoms with Crippen molar-refractivity contribution in [3.8, 4) is 0 Å². The van der Waals surface area contributed by atoms with Gasteiger partial charge in [0.1, 0.15) is 0 Å². The summed E-state index contributed by atoms with van der Waals surface area (Å²) in [6.07, 6.45) is 0.958. The normalized spacial score (nSPS) is 15.2. The van der Waals surface area contributed by atoms with Crippen LogP contribution in [0.2, 0.25) is 0 Å². The van der Waals surface area contributed by atoms with Crippen LogP contribution in [0.1, 0.15) is 38.9 Å². The molecule has 0 bridgehead atoms. The van der Waals surface area contributed by atoms with Crippen LogP contribution in [0, 0.1) is 6.92 Å². The first kappa shape index (κ1) is 17.0. The van der Waals surface area contributed by atoms with E-state index in [9.17, 15) is 4.79 Å². The number of aromatic amines is 1. The lowest BCUT2D eigenvalue weighted by Gasteiger charge is -2.24. The molecule has 1 aliphatic rings. The van der Waals surface area contributed by atoms with Crippen molar-refractivity contribution in [3.63, 3.8) is 0 Å². The minimum atomic E-state index is -0.0925. The molecule has 1 aromatic heterocycles. The molecule has 3 rings (SSSR count). The molecule has 1 unspecified atom stereocenters. The van der Waals surface area contributed by atoms with Crippen molar-refractivity contribution in [2.45, 2.75) is 25.1 Å². The Labute approximate surface area is 147 Å². The largest absolute Gasteiger partial charge is 0.343 e. The van der Waals surface area contributed by atoms with Gasteiger partial charge in [0, 0.05) is 23.6 Å². The van der Waals surface area contributed by atoms with Gasteiger partial charge in [-0.1, -0.05) is 24.3 Å². The first-order valence-electron chi connectivity index (χ1n) is 8.21. The summed E-state index contributed by atoms with van der Waals surface area (Å²) in [5.41, 5.74) is 5.06. The fraction of sp³-hybridized carbons (Fsp3) is 0.444. The van der Waals surface area contributed by atoms with Crippen LogP contribution >= 0.6 is 11.8 Å². The van der Waals surface area contributed by atoms with Gasteiger partial charge in [0.15, 0.2) is 5.69 Å². The number of carbonyl (C=O) groups excluding carboxylic acids is 1. The van der Waals surface area contributed by atoms with Gasteiger partial charge >= 0.3 is 0 Å². The molecule has 2 aromatic rings. The van der Waals surface area contributed by atoms with Crippen molar-refractivity contribution < 1.29 is 4.79 Å². The number of carbonyl (C=O) groups is 1. The third-order valence-electron chi connectivity index (χ3n) is 4.33. The van der Waals surface area contributed by atoms with E-state index in [0.717, 1.165) is 41.3 Å². The van der Waals surface area contributed by atoms with Crippen LogP contribution in [0.3, 0.4) is 0 Å². The number of nitrogens with one attached hydrogen (secondary N) is 2. The number of hydrogen-bond acceptors (Lipinski definition) is 4. The molecule has 0 saturated heterocycles. The summed E-state index contributed by atoms with van der Waals surface area (Å²) in [5.74, 6) is 1.85. The number of benzene rings is 1. The summed E-state index contributed by atoms with van der Waals surface area (Å²) >= 11 is 1.85.